The van der Waals surface area contributed by atoms with Crippen molar-refractivity contribution < 1.29 is 8.42 Å². The molecule has 2 aromatic carbocycles. The fraction of sp³-hybridized carbons (Fsp3) is 0.0588. The maximum absolute atomic E-state index is 11.9. The summed E-state index contributed by atoms with van der Waals surface area (Å²) in [6.07, 6.45) is 1.12. The van der Waals surface area contributed by atoms with Crippen LogP contribution in [0.25, 0.3) is 33.2 Å². The van der Waals surface area contributed by atoms with Gasteiger partial charge in [-0.3, -0.25) is 0 Å². The standard InChI is InChI=1S/C17H13N3O2S/c1-23(21,22)17-19-15(11-7-3-2-4-8-11)14-12-9-5-6-10-13(12)18-16(14)20-17/h2-10H,1H3,(H,18,19,20). The van der Waals surface area contributed by atoms with Gasteiger partial charge >= 0.3 is 0 Å². The van der Waals surface area contributed by atoms with Crippen molar-refractivity contribution in [2.45, 2.75) is 5.16 Å². The molecule has 5 nitrogen and oxygen atoms in total. The van der Waals surface area contributed by atoms with Crippen LogP contribution in [-0.2, 0) is 9.84 Å². The van der Waals surface area contributed by atoms with Gasteiger partial charge in [-0.2, -0.15) is 0 Å². The van der Waals surface area contributed by atoms with E-state index in [9.17, 15) is 8.42 Å². The highest BCUT2D eigenvalue weighted by molar-refractivity contribution is 7.90. The van der Waals surface area contributed by atoms with Crippen molar-refractivity contribution in [2.24, 2.45) is 0 Å². The fourth-order valence-electron chi connectivity index (χ4n) is 2.69. The van der Waals surface area contributed by atoms with E-state index >= 15 is 0 Å². The second-order valence-electron chi connectivity index (χ2n) is 5.39. The number of sulfone groups is 1. The van der Waals surface area contributed by atoms with Gasteiger partial charge in [0.25, 0.3) is 0 Å². The first-order chi connectivity index (χ1) is 11.0. The lowest BCUT2D eigenvalue weighted by atomic mass is 10.1. The van der Waals surface area contributed by atoms with Crippen molar-refractivity contribution in [1.82, 2.24) is 15.0 Å². The second-order valence-corrected chi connectivity index (χ2v) is 7.30. The molecule has 0 aliphatic rings. The molecule has 6 heteroatoms. The quantitative estimate of drug-likeness (QED) is 0.575. The van der Waals surface area contributed by atoms with Crippen LogP contribution < -0.4 is 0 Å². The minimum atomic E-state index is -3.50. The van der Waals surface area contributed by atoms with Crippen LogP contribution in [-0.4, -0.2) is 29.6 Å². The Bertz CT molecular complexity index is 1130. The van der Waals surface area contributed by atoms with Gasteiger partial charge in [0.05, 0.1) is 11.1 Å². The number of aromatic amines is 1. The highest BCUT2D eigenvalue weighted by Crippen LogP contribution is 2.32. The molecule has 0 saturated carbocycles. The number of rotatable bonds is 2. The Labute approximate surface area is 132 Å². The molecule has 0 radical (unpaired) electrons. The van der Waals surface area contributed by atoms with Crippen LogP contribution in [0.3, 0.4) is 0 Å². The van der Waals surface area contributed by atoms with Crippen LogP contribution in [0.5, 0.6) is 0 Å². The maximum Gasteiger partial charge on any atom is 0.249 e. The SMILES string of the molecule is CS(=O)(=O)c1nc(-c2ccccc2)c2c(n1)[nH]c1ccccc12. The van der Waals surface area contributed by atoms with Gasteiger partial charge in [-0.25, -0.2) is 18.4 Å². The van der Waals surface area contributed by atoms with Crippen molar-refractivity contribution >= 4 is 31.8 Å². The molecule has 0 bridgehead atoms. The first-order valence-electron chi connectivity index (χ1n) is 7.08. The van der Waals surface area contributed by atoms with Crippen LogP contribution in [0, 0.1) is 0 Å². The normalized spacial score (nSPS) is 12.0. The number of aromatic nitrogens is 3. The molecule has 2 aromatic heterocycles. The van der Waals surface area contributed by atoms with E-state index in [-0.39, 0.29) is 5.16 Å². The zero-order valence-electron chi connectivity index (χ0n) is 12.3. The first kappa shape index (κ1) is 13.9. The number of hydrogen-bond acceptors (Lipinski definition) is 4. The predicted molar refractivity (Wildman–Crippen MR) is 89.9 cm³/mol. The number of nitrogens with zero attached hydrogens (tertiary/aromatic N) is 2. The minimum Gasteiger partial charge on any atom is -0.339 e. The van der Waals surface area contributed by atoms with E-state index in [1.54, 1.807) is 0 Å². The number of nitrogens with one attached hydrogen (secondary N) is 1. The number of H-pyrrole nitrogens is 1. The third-order valence-electron chi connectivity index (χ3n) is 3.72. The molecule has 114 valence electrons. The summed E-state index contributed by atoms with van der Waals surface area (Å²) in [6.45, 7) is 0. The first-order valence-corrected chi connectivity index (χ1v) is 8.97. The van der Waals surface area contributed by atoms with Crippen LogP contribution in [0.2, 0.25) is 0 Å². The van der Waals surface area contributed by atoms with Gasteiger partial charge in [0, 0.05) is 22.7 Å². The van der Waals surface area contributed by atoms with Crippen molar-refractivity contribution in [2.75, 3.05) is 6.26 Å². The smallest absolute Gasteiger partial charge is 0.249 e. The van der Waals surface area contributed by atoms with E-state index < -0.39 is 9.84 Å². The second kappa shape index (κ2) is 4.89. The predicted octanol–water partition coefficient (Wildman–Crippen LogP) is 3.18. The summed E-state index contributed by atoms with van der Waals surface area (Å²) in [4.78, 5) is 11.7. The van der Waals surface area contributed by atoms with E-state index in [2.05, 4.69) is 15.0 Å². The zero-order chi connectivity index (χ0) is 16.0. The van der Waals surface area contributed by atoms with Crippen LogP contribution in [0.15, 0.2) is 59.8 Å². The summed E-state index contributed by atoms with van der Waals surface area (Å²) < 4.78 is 23.9. The molecule has 0 spiro atoms. The van der Waals surface area contributed by atoms with Crippen molar-refractivity contribution in [3.05, 3.63) is 54.6 Å². The van der Waals surface area contributed by atoms with Crippen molar-refractivity contribution in [3.8, 4) is 11.3 Å². The van der Waals surface area contributed by atoms with Gasteiger partial charge < -0.3 is 4.98 Å². The van der Waals surface area contributed by atoms with Gasteiger partial charge in [-0.1, -0.05) is 48.5 Å². The van der Waals surface area contributed by atoms with E-state index in [1.165, 1.54) is 0 Å². The Morgan fingerprint density at radius 3 is 2.35 bits per heavy atom. The Kier molecular flexibility index (Phi) is 2.96. The highest BCUT2D eigenvalue weighted by atomic mass is 32.2. The van der Waals surface area contributed by atoms with E-state index in [4.69, 9.17) is 0 Å². The van der Waals surface area contributed by atoms with Gasteiger partial charge in [0.1, 0.15) is 5.65 Å². The van der Waals surface area contributed by atoms with Gasteiger partial charge in [0.15, 0.2) is 0 Å². The number of fused-ring (bicyclic) bond motifs is 3. The van der Waals surface area contributed by atoms with Crippen molar-refractivity contribution in [3.63, 3.8) is 0 Å². The molecule has 4 rings (SSSR count). The molecule has 0 aliphatic heterocycles. The van der Waals surface area contributed by atoms with Crippen LogP contribution in [0.4, 0.5) is 0 Å². The highest BCUT2D eigenvalue weighted by Gasteiger charge is 2.19. The Balaban J connectivity index is 2.20. The average Bonchev–Trinajstić information content (AvgIpc) is 2.92. The molecule has 1 N–H and O–H groups in total. The van der Waals surface area contributed by atoms with Gasteiger partial charge in [-0.15, -0.1) is 0 Å². The van der Waals surface area contributed by atoms with Gasteiger partial charge in [-0.05, 0) is 6.07 Å². The topological polar surface area (TPSA) is 75.7 Å². The van der Waals surface area contributed by atoms with Crippen LogP contribution >= 0.6 is 0 Å². The summed E-state index contributed by atoms with van der Waals surface area (Å²) in [5.41, 5.74) is 2.91. The Hall–Kier alpha value is -2.73. The summed E-state index contributed by atoms with van der Waals surface area (Å²) in [6, 6.07) is 17.3. The Morgan fingerprint density at radius 2 is 1.61 bits per heavy atom. The molecule has 0 fully saturated rings. The summed E-state index contributed by atoms with van der Waals surface area (Å²) in [5, 5.41) is 1.64. The molecule has 2 heterocycles. The summed E-state index contributed by atoms with van der Waals surface area (Å²) >= 11 is 0. The Morgan fingerprint density at radius 1 is 0.913 bits per heavy atom. The molecule has 23 heavy (non-hydrogen) atoms. The average molecular weight is 323 g/mol. The lowest BCUT2D eigenvalue weighted by molar-refractivity contribution is 0.594. The third-order valence-corrected chi connectivity index (χ3v) is 4.56. The van der Waals surface area contributed by atoms with Crippen molar-refractivity contribution in [1.29, 1.82) is 0 Å². The molecule has 0 aliphatic carbocycles. The molecule has 0 unspecified atom stereocenters. The summed E-state index contributed by atoms with van der Waals surface area (Å²) in [7, 11) is -3.50. The fourth-order valence-corrected chi connectivity index (χ4v) is 3.21. The largest absolute Gasteiger partial charge is 0.339 e. The molecule has 0 atom stereocenters. The molecule has 4 aromatic rings. The third kappa shape index (κ3) is 2.27. The van der Waals surface area contributed by atoms with Gasteiger partial charge in [0.2, 0.25) is 15.0 Å². The number of hydrogen-bond donors (Lipinski definition) is 1. The lowest BCUT2D eigenvalue weighted by Gasteiger charge is -2.05. The molecule has 0 amide bonds. The van der Waals surface area contributed by atoms with E-state index in [0.717, 1.165) is 28.1 Å². The monoisotopic (exact) mass is 323 g/mol. The maximum atomic E-state index is 11.9. The molecular weight excluding hydrogens is 310 g/mol. The molecular formula is C17H13N3O2S. The number of benzene rings is 2. The van der Waals surface area contributed by atoms with E-state index in [1.807, 2.05) is 54.6 Å². The molecule has 0 saturated heterocycles. The van der Waals surface area contributed by atoms with E-state index in [0.29, 0.717) is 11.3 Å². The zero-order valence-corrected chi connectivity index (χ0v) is 13.1. The number of para-hydroxylation sites is 1. The lowest BCUT2D eigenvalue weighted by Crippen LogP contribution is -2.05. The summed E-state index contributed by atoms with van der Waals surface area (Å²) in [5.74, 6) is 0. The minimum absolute atomic E-state index is 0.171. The van der Waals surface area contributed by atoms with Crippen LogP contribution in [0.1, 0.15) is 0 Å².